The summed E-state index contributed by atoms with van der Waals surface area (Å²) in [6.07, 6.45) is -2.31. The molecule has 0 saturated heterocycles. The van der Waals surface area contributed by atoms with E-state index in [1.54, 1.807) is 48.5 Å². The van der Waals surface area contributed by atoms with Crippen LogP contribution in [0.4, 0.5) is 29.2 Å². The standard InChI is InChI=1S/C25H17ClF4N6O2/c26-16-3-1-15(2-4-16)12-36-22-21(35(14-32-22)13-25(28,29)30)23(37)34-24(36)33-18-5-7-19(8-6-18)38-20-11-17(27)9-10-31-20/h1-11,14H,12-13H2,(H,33,34,37). The van der Waals surface area contributed by atoms with Gasteiger partial charge in [0.1, 0.15) is 18.1 Å². The number of fused-ring (bicyclic) bond motifs is 1. The van der Waals surface area contributed by atoms with Gasteiger partial charge in [0.25, 0.3) is 0 Å². The number of imidazole rings is 1. The molecule has 13 heteroatoms. The smallest absolute Gasteiger partial charge is 0.406 e. The van der Waals surface area contributed by atoms with Crippen LogP contribution in [0.2, 0.25) is 5.02 Å². The topological polar surface area (TPSA) is 86.9 Å². The van der Waals surface area contributed by atoms with Crippen molar-refractivity contribution in [2.45, 2.75) is 19.3 Å². The number of aromatic nitrogens is 5. The summed E-state index contributed by atoms with van der Waals surface area (Å²) >= 11 is 5.98. The highest BCUT2D eigenvalue weighted by atomic mass is 35.5. The lowest BCUT2D eigenvalue weighted by molar-refractivity contribution is -0.140. The van der Waals surface area contributed by atoms with E-state index in [0.717, 1.165) is 22.5 Å². The van der Waals surface area contributed by atoms with Crippen molar-refractivity contribution in [2.75, 3.05) is 5.32 Å². The average molecular weight is 545 g/mol. The van der Waals surface area contributed by atoms with Crippen molar-refractivity contribution in [1.82, 2.24) is 24.1 Å². The van der Waals surface area contributed by atoms with E-state index in [1.165, 1.54) is 16.8 Å². The van der Waals surface area contributed by atoms with E-state index in [4.69, 9.17) is 16.3 Å². The van der Waals surface area contributed by atoms with E-state index in [-0.39, 0.29) is 29.5 Å². The molecule has 5 aromatic rings. The summed E-state index contributed by atoms with van der Waals surface area (Å²) in [5.74, 6) is 0.0202. The minimum absolute atomic E-state index is 0.0313. The molecule has 0 aliphatic carbocycles. The molecule has 3 heterocycles. The third-order valence-corrected chi connectivity index (χ3v) is 5.63. The van der Waals surface area contributed by atoms with Crippen molar-refractivity contribution in [2.24, 2.45) is 0 Å². The fourth-order valence-corrected chi connectivity index (χ4v) is 3.85. The molecular formula is C25H17ClF4N6O2. The Morgan fingerprint density at radius 1 is 1.00 bits per heavy atom. The molecule has 0 fully saturated rings. The normalized spacial score (nSPS) is 11.6. The van der Waals surface area contributed by atoms with Crippen molar-refractivity contribution in [1.29, 1.82) is 0 Å². The lowest BCUT2D eigenvalue weighted by Gasteiger charge is -2.16. The van der Waals surface area contributed by atoms with Crippen molar-refractivity contribution in [3.05, 3.63) is 99.9 Å². The molecule has 38 heavy (non-hydrogen) atoms. The molecule has 194 valence electrons. The largest absolute Gasteiger partial charge is 0.439 e. The summed E-state index contributed by atoms with van der Waals surface area (Å²) in [5, 5.41) is 3.53. The van der Waals surface area contributed by atoms with Crippen LogP contribution in [0.3, 0.4) is 0 Å². The van der Waals surface area contributed by atoms with Crippen LogP contribution in [0.15, 0.2) is 78.0 Å². The second-order valence-corrected chi connectivity index (χ2v) is 8.61. The number of halogens is 5. The second-order valence-electron chi connectivity index (χ2n) is 8.18. The quantitative estimate of drug-likeness (QED) is 0.256. The Hall–Kier alpha value is -4.45. The van der Waals surface area contributed by atoms with E-state index in [9.17, 15) is 22.4 Å². The first-order valence-electron chi connectivity index (χ1n) is 11.1. The minimum Gasteiger partial charge on any atom is -0.439 e. The van der Waals surface area contributed by atoms with E-state index < -0.39 is 24.1 Å². The number of pyridine rings is 1. The highest BCUT2D eigenvalue weighted by Crippen LogP contribution is 2.26. The Morgan fingerprint density at radius 3 is 2.42 bits per heavy atom. The van der Waals surface area contributed by atoms with E-state index in [1.807, 2.05) is 0 Å². The first-order chi connectivity index (χ1) is 18.1. The molecule has 8 nitrogen and oxygen atoms in total. The molecule has 0 radical (unpaired) electrons. The number of hydrogen-bond acceptors (Lipinski definition) is 6. The zero-order valence-electron chi connectivity index (χ0n) is 19.3. The first-order valence-corrected chi connectivity index (χ1v) is 11.5. The number of alkyl halides is 3. The Bertz CT molecular complexity index is 1650. The molecule has 0 unspecified atom stereocenters. The maximum Gasteiger partial charge on any atom is 0.406 e. The van der Waals surface area contributed by atoms with E-state index in [2.05, 4.69) is 20.3 Å². The van der Waals surface area contributed by atoms with E-state index >= 15 is 0 Å². The Morgan fingerprint density at radius 2 is 1.74 bits per heavy atom. The van der Waals surface area contributed by atoms with Crippen LogP contribution in [-0.4, -0.2) is 30.3 Å². The number of ether oxygens (including phenoxy) is 1. The maximum absolute atomic E-state index is 13.4. The van der Waals surface area contributed by atoms with Crippen molar-refractivity contribution >= 4 is 34.4 Å². The molecule has 0 amide bonds. The average Bonchev–Trinajstić information content (AvgIpc) is 3.26. The van der Waals surface area contributed by atoms with Gasteiger partial charge in [-0.2, -0.15) is 18.2 Å². The van der Waals surface area contributed by atoms with Gasteiger partial charge in [0.2, 0.25) is 11.8 Å². The third kappa shape index (κ3) is 5.75. The second kappa shape index (κ2) is 10.1. The lowest BCUT2D eigenvalue weighted by Crippen LogP contribution is -2.23. The molecule has 1 N–H and O–H groups in total. The fourth-order valence-electron chi connectivity index (χ4n) is 3.73. The van der Waals surface area contributed by atoms with Crippen LogP contribution in [0.5, 0.6) is 11.6 Å². The monoisotopic (exact) mass is 544 g/mol. The van der Waals surface area contributed by atoms with Gasteiger partial charge >= 0.3 is 11.7 Å². The van der Waals surface area contributed by atoms with Gasteiger partial charge < -0.3 is 14.6 Å². The number of hydrogen-bond donors (Lipinski definition) is 1. The Balaban J connectivity index is 1.50. The first kappa shape index (κ1) is 25.2. The summed E-state index contributed by atoms with van der Waals surface area (Å²) in [5.41, 5.74) is 0.141. The SMILES string of the molecule is O=c1nc(Nc2ccc(Oc3cc(F)ccn3)cc2)n(Cc2ccc(Cl)cc2)c2ncn(CC(F)(F)F)c12. The van der Waals surface area contributed by atoms with Crippen LogP contribution in [0, 0.1) is 5.82 Å². The molecule has 0 bridgehead atoms. The predicted molar refractivity (Wildman–Crippen MR) is 132 cm³/mol. The molecule has 0 aliphatic heterocycles. The number of benzene rings is 2. The fraction of sp³-hybridized carbons (Fsp3) is 0.120. The Kier molecular flexibility index (Phi) is 6.72. The number of nitrogens with zero attached hydrogens (tertiary/aromatic N) is 5. The molecule has 0 aliphatic rings. The molecule has 2 aromatic carbocycles. The van der Waals surface area contributed by atoms with Gasteiger partial charge in [0, 0.05) is 23.0 Å². The molecular weight excluding hydrogens is 528 g/mol. The third-order valence-electron chi connectivity index (χ3n) is 5.37. The van der Waals surface area contributed by atoms with E-state index in [0.29, 0.717) is 16.5 Å². The molecule has 0 saturated carbocycles. The van der Waals surface area contributed by atoms with Crippen LogP contribution in [0.25, 0.3) is 11.2 Å². The lowest BCUT2D eigenvalue weighted by atomic mass is 10.2. The van der Waals surface area contributed by atoms with Gasteiger partial charge in [-0.15, -0.1) is 0 Å². The summed E-state index contributed by atoms with van der Waals surface area (Å²) in [6.45, 7) is -1.24. The predicted octanol–water partition coefficient (Wildman–Crippen LogP) is 5.93. The van der Waals surface area contributed by atoms with Crippen LogP contribution < -0.4 is 15.6 Å². The summed E-state index contributed by atoms with van der Waals surface area (Å²) in [6, 6.07) is 15.6. The molecule has 5 rings (SSSR count). The van der Waals surface area contributed by atoms with Crippen molar-refractivity contribution < 1.29 is 22.3 Å². The number of rotatable bonds is 7. The van der Waals surface area contributed by atoms with Gasteiger partial charge in [-0.1, -0.05) is 23.7 Å². The van der Waals surface area contributed by atoms with Crippen LogP contribution in [0.1, 0.15) is 5.56 Å². The van der Waals surface area contributed by atoms with Gasteiger partial charge in [0.15, 0.2) is 11.2 Å². The summed E-state index contributed by atoms with van der Waals surface area (Å²) in [7, 11) is 0. The van der Waals surface area contributed by atoms with Gasteiger partial charge in [0.05, 0.1) is 12.9 Å². The molecule has 0 spiro atoms. The number of anilines is 2. The van der Waals surface area contributed by atoms with Crippen LogP contribution >= 0.6 is 11.6 Å². The molecule has 0 atom stereocenters. The molecule has 3 aromatic heterocycles. The highest BCUT2D eigenvalue weighted by Gasteiger charge is 2.30. The van der Waals surface area contributed by atoms with Crippen molar-refractivity contribution in [3.63, 3.8) is 0 Å². The van der Waals surface area contributed by atoms with Crippen LogP contribution in [-0.2, 0) is 13.1 Å². The Labute approximate surface area is 217 Å². The van der Waals surface area contributed by atoms with Gasteiger partial charge in [-0.25, -0.2) is 14.4 Å². The maximum atomic E-state index is 13.4. The highest BCUT2D eigenvalue weighted by molar-refractivity contribution is 6.30. The zero-order valence-corrected chi connectivity index (χ0v) is 20.0. The zero-order chi connectivity index (χ0) is 26.9. The van der Waals surface area contributed by atoms with Gasteiger partial charge in [-0.05, 0) is 48.0 Å². The van der Waals surface area contributed by atoms with Crippen molar-refractivity contribution in [3.8, 4) is 11.6 Å². The summed E-state index contributed by atoms with van der Waals surface area (Å²) in [4.78, 5) is 24.9. The minimum atomic E-state index is -4.55. The van der Waals surface area contributed by atoms with Gasteiger partial charge in [-0.3, -0.25) is 9.36 Å². The number of nitrogens with one attached hydrogen (secondary N) is 1. The summed E-state index contributed by atoms with van der Waals surface area (Å²) < 4.78 is 60.4.